The zero-order valence-electron chi connectivity index (χ0n) is 29.4. The predicted molar refractivity (Wildman–Crippen MR) is 195 cm³/mol. The molecule has 272 valence electrons. The Morgan fingerprint density at radius 2 is 1.87 bits per heavy atom. The molecule has 2 fully saturated rings. The second-order valence-corrected chi connectivity index (χ2v) is 18.6. The molecular formula is C38H41ClFN5O6Si. The lowest BCUT2D eigenvalue weighted by atomic mass is 9.82. The second-order valence-electron chi connectivity index (χ2n) is 14.4. The molecule has 0 radical (unpaired) electrons. The fraction of sp³-hybridized carbons (Fsp3) is 0.395. The minimum Gasteiger partial charge on any atom is -0.441 e. The number of aliphatic hydroxyl groups is 1. The third kappa shape index (κ3) is 6.33. The van der Waals surface area contributed by atoms with Gasteiger partial charge in [-0.1, -0.05) is 66.2 Å². The molecule has 7 rings (SSSR count). The summed E-state index contributed by atoms with van der Waals surface area (Å²) in [5, 5.41) is 19.2. The molecule has 4 heterocycles. The minimum absolute atomic E-state index is 0.127. The summed E-state index contributed by atoms with van der Waals surface area (Å²) in [5.41, 5.74) is 2.23. The van der Waals surface area contributed by atoms with Crippen LogP contribution in [-0.2, 0) is 42.5 Å². The summed E-state index contributed by atoms with van der Waals surface area (Å²) in [7, 11) is -3.41. The van der Waals surface area contributed by atoms with Crippen LogP contribution in [0.4, 0.5) is 15.5 Å². The van der Waals surface area contributed by atoms with E-state index in [1.165, 1.54) is 11.8 Å². The molecule has 2 saturated heterocycles. The molecule has 52 heavy (non-hydrogen) atoms. The van der Waals surface area contributed by atoms with Crippen molar-refractivity contribution in [1.29, 1.82) is 0 Å². The minimum atomic E-state index is -3.41. The summed E-state index contributed by atoms with van der Waals surface area (Å²) in [6.45, 7) is 6.98. The van der Waals surface area contributed by atoms with Crippen LogP contribution in [0, 0.1) is 5.92 Å². The molecule has 1 aromatic heterocycles. The SMILES string of the molecule is CC(=O)OC1CC(=O)N1c1ccc(CN2C(=O)[C@]3(O[C@H](CCn4cc(C(CO)c5ccccc5)nn4)[C@@H]([Si](C)(C)F)[C@@H]3C)c3cc(Cl)ccc32)cc1. The first kappa shape index (κ1) is 35.9. The Morgan fingerprint density at radius 1 is 1.13 bits per heavy atom. The van der Waals surface area contributed by atoms with E-state index in [1.807, 2.05) is 49.4 Å². The molecule has 1 N–H and O–H groups in total. The van der Waals surface area contributed by atoms with Crippen molar-refractivity contribution >= 4 is 49.2 Å². The van der Waals surface area contributed by atoms with E-state index in [0.717, 1.165) is 11.1 Å². The highest BCUT2D eigenvalue weighted by Gasteiger charge is 2.66. The van der Waals surface area contributed by atoms with Crippen molar-refractivity contribution in [3.8, 4) is 0 Å². The molecule has 1 spiro atoms. The monoisotopic (exact) mass is 745 g/mol. The van der Waals surface area contributed by atoms with Crippen molar-refractivity contribution in [3.63, 3.8) is 0 Å². The highest BCUT2D eigenvalue weighted by atomic mass is 35.5. The van der Waals surface area contributed by atoms with E-state index < -0.39 is 43.8 Å². The largest absolute Gasteiger partial charge is 0.441 e. The number of aromatic nitrogens is 3. The van der Waals surface area contributed by atoms with Gasteiger partial charge in [-0.15, -0.1) is 5.10 Å². The molecule has 14 heteroatoms. The third-order valence-corrected chi connectivity index (χ3v) is 13.3. The number of β-lactam (4-membered cyclic amide) rings is 1. The fourth-order valence-electron chi connectivity index (χ4n) is 8.27. The molecular weight excluding hydrogens is 705 g/mol. The van der Waals surface area contributed by atoms with Gasteiger partial charge in [-0.05, 0) is 61.0 Å². The number of anilines is 2. The van der Waals surface area contributed by atoms with E-state index in [0.29, 0.717) is 40.6 Å². The van der Waals surface area contributed by atoms with E-state index in [9.17, 15) is 19.5 Å². The number of benzene rings is 3. The summed E-state index contributed by atoms with van der Waals surface area (Å²) in [6, 6.07) is 22.1. The van der Waals surface area contributed by atoms with E-state index in [2.05, 4.69) is 10.3 Å². The molecule has 3 aliphatic heterocycles. The van der Waals surface area contributed by atoms with Crippen LogP contribution in [0.1, 0.15) is 55.0 Å². The van der Waals surface area contributed by atoms with Crippen molar-refractivity contribution in [2.24, 2.45) is 5.92 Å². The molecule has 2 unspecified atom stereocenters. The Labute approximate surface area is 307 Å². The smallest absolute Gasteiger partial charge is 0.304 e. The molecule has 0 bridgehead atoms. The number of halogens is 2. The number of esters is 1. The van der Waals surface area contributed by atoms with E-state index in [4.69, 9.17) is 21.1 Å². The Bertz CT molecular complexity index is 1990. The summed E-state index contributed by atoms with van der Waals surface area (Å²) in [5.74, 6) is -1.73. The lowest BCUT2D eigenvalue weighted by Crippen LogP contribution is -2.54. The van der Waals surface area contributed by atoms with Gasteiger partial charge in [0.25, 0.3) is 5.91 Å². The van der Waals surface area contributed by atoms with E-state index >= 15 is 4.11 Å². The first-order chi connectivity index (χ1) is 24.8. The van der Waals surface area contributed by atoms with Gasteiger partial charge in [0, 0.05) is 47.4 Å². The quantitative estimate of drug-likeness (QED) is 0.0846. The average Bonchev–Trinajstić information content (AvgIpc) is 3.75. The van der Waals surface area contributed by atoms with Crippen LogP contribution in [0.15, 0.2) is 79.0 Å². The zero-order chi connectivity index (χ0) is 36.9. The maximum absolute atomic E-state index is 16.4. The molecule has 2 amide bonds. The van der Waals surface area contributed by atoms with Gasteiger partial charge in [0.15, 0.2) is 11.8 Å². The number of aliphatic hydroxyl groups excluding tert-OH is 1. The first-order valence-electron chi connectivity index (χ1n) is 17.4. The summed E-state index contributed by atoms with van der Waals surface area (Å²) in [4.78, 5) is 41.7. The normalized spacial score (nSPS) is 24.7. The van der Waals surface area contributed by atoms with Crippen molar-refractivity contribution in [1.82, 2.24) is 15.0 Å². The number of aryl methyl sites for hydroxylation is 1. The van der Waals surface area contributed by atoms with Gasteiger partial charge in [0.2, 0.25) is 14.3 Å². The highest BCUT2D eigenvalue weighted by Crippen LogP contribution is 2.60. The van der Waals surface area contributed by atoms with Crippen molar-refractivity contribution in [2.75, 3.05) is 16.4 Å². The molecule has 3 aliphatic rings. The number of fused-ring (bicyclic) bond motifs is 2. The Morgan fingerprint density at radius 3 is 2.52 bits per heavy atom. The van der Waals surface area contributed by atoms with Crippen LogP contribution >= 0.6 is 11.6 Å². The van der Waals surface area contributed by atoms with Gasteiger partial charge >= 0.3 is 5.97 Å². The standard InChI is InChI=1S/C38H41ClFN5O6Si/c1-23-36(52(3,4)40)33(16-17-43-21-31(41-42-43)29(22-46)26-8-6-5-7-9-26)51-38(23)30-18-27(39)12-15-32(30)44(37(38)49)20-25-10-13-28(14-11-25)45-34(48)19-35(45)50-24(2)47/h5-15,18,21,23,29,33,35-36,46H,16-17,19-20,22H2,1-4H3/t23-,29?,33+,35?,36-,38+/m0/s1. The molecule has 3 aromatic carbocycles. The van der Waals surface area contributed by atoms with Crippen LogP contribution in [0.3, 0.4) is 0 Å². The van der Waals surface area contributed by atoms with Gasteiger partial charge in [0.05, 0.1) is 43.0 Å². The van der Waals surface area contributed by atoms with Crippen LogP contribution < -0.4 is 9.80 Å². The van der Waals surface area contributed by atoms with Crippen LogP contribution in [0.25, 0.3) is 0 Å². The number of carbonyl (C=O) groups is 3. The number of hydrogen-bond acceptors (Lipinski definition) is 8. The third-order valence-electron chi connectivity index (χ3n) is 10.6. The molecule has 0 aliphatic carbocycles. The van der Waals surface area contributed by atoms with Crippen molar-refractivity contribution < 1.29 is 33.1 Å². The summed E-state index contributed by atoms with van der Waals surface area (Å²) in [6.07, 6.45) is 1.08. The zero-order valence-corrected chi connectivity index (χ0v) is 31.2. The van der Waals surface area contributed by atoms with Crippen LogP contribution in [-0.4, -0.2) is 65.2 Å². The number of nitrogens with zero attached hydrogens (tertiary/aromatic N) is 5. The number of carbonyl (C=O) groups excluding carboxylic acids is 3. The van der Waals surface area contributed by atoms with Crippen molar-refractivity contribution in [3.05, 3.63) is 106 Å². The molecule has 4 aromatic rings. The fourth-order valence-corrected chi connectivity index (χ4v) is 11.0. The first-order valence-corrected chi connectivity index (χ1v) is 20.8. The van der Waals surface area contributed by atoms with Gasteiger partial charge in [-0.3, -0.25) is 24.0 Å². The second kappa shape index (κ2) is 13.8. The van der Waals surface area contributed by atoms with Gasteiger partial charge in [0.1, 0.15) is 0 Å². The number of hydrogen-bond donors (Lipinski definition) is 1. The Hall–Kier alpha value is -4.43. The number of ether oxygens (including phenoxy) is 2. The van der Waals surface area contributed by atoms with Crippen molar-refractivity contribution in [2.45, 2.75) is 82.3 Å². The number of amides is 2. The van der Waals surface area contributed by atoms with Crippen LogP contribution in [0.5, 0.6) is 0 Å². The molecule has 6 atom stereocenters. The van der Waals surface area contributed by atoms with Crippen LogP contribution in [0.2, 0.25) is 23.7 Å². The highest BCUT2D eigenvalue weighted by molar-refractivity contribution is 6.72. The maximum Gasteiger partial charge on any atom is 0.304 e. The molecule has 0 saturated carbocycles. The predicted octanol–water partition coefficient (Wildman–Crippen LogP) is 6.09. The lowest BCUT2D eigenvalue weighted by Gasteiger charge is -2.39. The lowest BCUT2D eigenvalue weighted by molar-refractivity contribution is -0.154. The topological polar surface area (TPSA) is 127 Å². The summed E-state index contributed by atoms with van der Waals surface area (Å²) < 4.78 is 30.2. The van der Waals surface area contributed by atoms with Gasteiger partial charge in [-0.25, -0.2) is 0 Å². The Balaban J connectivity index is 1.14. The molecule has 11 nitrogen and oxygen atoms in total. The van der Waals surface area contributed by atoms with E-state index in [-0.39, 0.29) is 37.3 Å². The maximum atomic E-state index is 16.4. The Kier molecular flexibility index (Phi) is 9.57. The van der Waals surface area contributed by atoms with E-state index in [1.54, 1.807) is 59.2 Å². The average molecular weight is 746 g/mol. The summed E-state index contributed by atoms with van der Waals surface area (Å²) >= 11 is 6.55. The number of rotatable bonds is 11. The van der Waals surface area contributed by atoms with Gasteiger partial charge < -0.3 is 23.6 Å². The van der Waals surface area contributed by atoms with Gasteiger partial charge in [-0.2, -0.15) is 0 Å².